The van der Waals surface area contributed by atoms with Gasteiger partial charge in [-0.05, 0) is 61.2 Å². The molecule has 2 saturated heterocycles. The second kappa shape index (κ2) is 12.1. The van der Waals surface area contributed by atoms with Crippen molar-refractivity contribution >= 4 is 33.2 Å². The van der Waals surface area contributed by atoms with E-state index in [1.807, 2.05) is 0 Å². The third-order valence-electron chi connectivity index (χ3n) is 7.04. The average Bonchev–Trinajstić information content (AvgIpc) is 3.11. The number of ether oxygens (including phenoxy) is 1. The number of sulfonamides is 1. The van der Waals surface area contributed by atoms with Crippen LogP contribution in [0.5, 0.6) is 0 Å². The number of carbonyl (C=O) groups excluding carboxylic acids is 2. The molecule has 1 N–H and O–H groups in total. The number of non-ortho nitro benzene ring substituents is 1. The van der Waals surface area contributed by atoms with Crippen LogP contribution in [0.15, 0.2) is 59.0 Å². The minimum absolute atomic E-state index is 0.0767. The first-order chi connectivity index (χ1) is 18.7. The van der Waals surface area contributed by atoms with Gasteiger partial charge in [0.25, 0.3) is 17.4 Å². The standard InChI is InChI=1S/C27H31N3O8S/c1-38-18-6-17-29-24(19-7-11-21(12-8-19)30(34)35)23(26(32)27(29)33)25(31)20-9-13-22(14-10-20)39(36,37)28-15-4-2-3-5-16-28/h7-14,24,31H,2-6,15-18H2,1H3/b25-23-. The second-order valence-electron chi connectivity index (χ2n) is 9.53. The molecule has 4 rings (SSSR count). The minimum atomic E-state index is -3.71. The molecule has 2 aromatic carbocycles. The summed E-state index contributed by atoms with van der Waals surface area (Å²) in [6.45, 7) is 1.39. The highest BCUT2D eigenvalue weighted by atomic mass is 32.2. The Bertz CT molecular complexity index is 1360. The molecule has 0 spiro atoms. The van der Waals surface area contributed by atoms with E-state index in [-0.39, 0.29) is 28.3 Å². The summed E-state index contributed by atoms with van der Waals surface area (Å²) in [5.41, 5.74) is 0.261. The summed E-state index contributed by atoms with van der Waals surface area (Å²) in [5, 5.41) is 22.4. The van der Waals surface area contributed by atoms with Crippen LogP contribution < -0.4 is 0 Å². The smallest absolute Gasteiger partial charge is 0.295 e. The first-order valence-electron chi connectivity index (χ1n) is 12.8. The van der Waals surface area contributed by atoms with Crippen LogP contribution in [0.4, 0.5) is 5.69 Å². The van der Waals surface area contributed by atoms with E-state index in [9.17, 15) is 33.2 Å². The SMILES string of the molecule is COCCCN1C(=O)C(=O)/C(=C(\O)c2ccc(S(=O)(=O)N3CCCCCC3)cc2)C1c1ccc([N+](=O)[O-])cc1. The van der Waals surface area contributed by atoms with Gasteiger partial charge >= 0.3 is 0 Å². The molecule has 1 atom stereocenters. The number of nitro groups is 1. The number of benzene rings is 2. The zero-order valence-corrected chi connectivity index (χ0v) is 22.4. The number of Topliss-reactive ketones (excluding diaryl/α,β-unsaturated/α-hetero) is 1. The molecule has 0 bridgehead atoms. The maximum Gasteiger partial charge on any atom is 0.295 e. The van der Waals surface area contributed by atoms with Gasteiger partial charge in [-0.15, -0.1) is 0 Å². The molecule has 2 aliphatic heterocycles. The monoisotopic (exact) mass is 557 g/mol. The molecule has 2 aliphatic rings. The molecule has 0 aliphatic carbocycles. The minimum Gasteiger partial charge on any atom is -0.507 e. The van der Waals surface area contributed by atoms with E-state index >= 15 is 0 Å². The first kappa shape index (κ1) is 28.4. The second-order valence-corrected chi connectivity index (χ2v) is 11.5. The number of methoxy groups -OCH3 is 1. The third kappa shape index (κ3) is 5.87. The lowest BCUT2D eigenvalue weighted by molar-refractivity contribution is -0.384. The highest BCUT2D eigenvalue weighted by molar-refractivity contribution is 7.89. The lowest BCUT2D eigenvalue weighted by Gasteiger charge is -2.25. The molecule has 0 saturated carbocycles. The molecule has 2 heterocycles. The van der Waals surface area contributed by atoms with Crippen molar-refractivity contribution < 1.29 is 32.8 Å². The van der Waals surface area contributed by atoms with Crippen LogP contribution in [0.2, 0.25) is 0 Å². The van der Waals surface area contributed by atoms with E-state index in [0.717, 1.165) is 25.7 Å². The van der Waals surface area contributed by atoms with Crippen LogP contribution in [-0.2, 0) is 24.3 Å². The van der Waals surface area contributed by atoms with Crippen LogP contribution in [0.25, 0.3) is 5.76 Å². The van der Waals surface area contributed by atoms with Gasteiger partial charge in [-0.25, -0.2) is 8.42 Å². The molecule has 12 heteroatoms. The number of ketones is 1. The lowest BCUT2D eigenvalue weighted by Crippen LogP contribution is -2.31. The average molecular weight is 558 g/mol. The summed E-state index contributed by atoms with van der Waals surface area (Å²) in [5.74, 6) is -2.16. The number of hydrogen-bond acceptors (Lipinski definition) is 8. The summed E-state index contributed by atoms with van der Waals surface area (Å²) >= 11 is 0. The van der Waals surface area contributed by atoms with Crippen molar-refractivity contribution in [2.75, 3.05) is 33.4 Å². The predicted octanol–water partition coefficient (Wildman–Crippen LogP) is 3.62. The van der Waals surface area contributed by atoms with Gasteiger partial charge in [-0.3, -0.25) is 19.7 Å². The van der Waals surface area contributed by atoms with Crippen molar-refractivity contribution in [3.05, 3.63) is 75.3 Å². The van der Waals surface area contributed by atoms with Crippen LogP contribution in [0.3, 0.4) is 0 Å². The number of nitro benzene ring substituents is 1. The summed E-state index contributed by atoms with van der Waals surface area (Å²) in [4.78, 5) is 38.1. The zero-order chi connectivity index (χ0) is 28.2. The summed E-state index contributed by atoms with van der Waals surface area (Å²) in [6.07, 6.45) is 3.99. The normalized spacial score (nSPS) is 20.2. The van der Waals surface area contributed by atoms with Gasteiger partial charge in [0.1, 0.15) is 5.76 Å². The van der Waals surface area contributed by atoms with Gasteiger partial charge in [0.2, 0.25) is 10.0 Å². The highest BCUT2D eigenvalue weighted by Crippen LogP contribution is 2.40. The largest absolute Gasteiger partial charge is 0.507 e. The fourth-order valence-electron chi connectivity index (χ4n) is 4.99. The van der Waals surface area contributed by atoms with Crippen LogP contribution in [-0.4, -0.2) is 72.7 Å². The molecule has 39 heavy (non-hydrogen) atoms. The van der Waals surface area contributed by atoms with E-state index in [1.54, 1.807) is 0 Å². The third-order valence-corrected chi connectivity index (χ3v) is 8.95. The Kier molecular flexibility index (Phi) is 8.78. The van der Waals surface area contributed by atoms with Gasteiger partial charge in [0.05, 0.1) is 21.4 Å². The Labute approximate surface area is 226 Å². The molecule has 0 aromatic heterocycles. The fourth-order valence-corrected chi connectivity index (χ4v) is 6.50. The number of likely N-dealkylation sites (tertiary alicyclic amines) is 1. The first-order valence-corrected chi connectivity index (χ1v) is 14.2. The molecule has 11 nitrogen and oxygen atoms in total. The van der Waals surface area contributed by atoms with Gasteiger partial charge in [-0.2, -0.15) is 4.31 Å². The molecular formula is C27H31N3O8S. The molecule has 208 valence electrons. The topological polar surface area (TPSA) is 147 Å². The maximum absolute atomic E-state index is 13.1. The molecule has 2 aromatic rings. The van der Waals surface area contributed by atoms with Crippen LogP contribution >= 0.6 is 0 Å². The van der Waals surface area contributed by atoms with Crippen molar-refractivity contribution in [3.8, 4) is 0 Å². The number of nitrogens with zero attached hydrogens (tertiary/aromatic N) is 3. The van der Waals surface area contributed by atoms with Crippen molar-refractivity contribution in [1.29, 1.82) is 0 Å². The van der Waals surface area contributed by atoms with Crippen molar-refractivity contribution in [1.82, 2.24) is 9.21 Å². The van der Waals surface area contributed by atoms with Gasteiger partial charge < -0.3 is 14.7 Å². The molecular weight excluding hydrogens is 526 g/mol. The number of amides is 1. The molecule has 0 radical (unpaired) electrons. The Morgan fingerprint density at radius 3 is 2.21 bits per heavy atom. The number of aliphatic hydroxyl groups is 1. The number of carbonyl (C=O) groups is 2. The summed E-state index contributed by atoms with van der Waals surface area (Å²) in [6, 6.07) is 10.0. The zero-order valence-electron chi connectivity index (χ0n) is 21.6. The van der Waals surface area contributed by atoms with Gasteiger partial charge in [0.15, 0.2) is 0 Å². The Morgan fingerprint density at radius 2 is 1.64 bits per heavy atom. The van der Waals surface area contributed by atoms with E-state index in [0.29, 0.717) is 31.7 Å². The van der Waals surface area contributed by atoms with Crippen LogP contribution in [0, 0.1) is 10.1 Å². The predicted molar refractivity (Wildman–Crippen MR) is 142 cm³/mol. The van der Waals surface area contributed by atoms with E-state index < -0.39 is 38.4 Å². The quantitative estimate of drug-likeness (QED) is 0.123. The van der Waals surface area contributed by atoms with Gasteiger partial charge in [0, 0.05) is 51.0 Å². The Balaban J connectivity index is 1.72. The lowest BCUT2D eigenvalue weighted by atomic mass is 9.95. The summed E-state index contributed by atoms with van der Waals surface area (Å²) < 4.78 is 32.8. The Hall–Kier alpha value is -3.61. The van der Waals surface area contributed by atoms with E-state index in [2.05, 4.69) is 0 Å². The van der Waals surface area contributed by atoms with Crippen molar-refractivity contribution in [3.63, 3.8) is 0 Å². The molecule has 1 unspecified atom stereocenters. The van der Waals surface area contributed by atoms with Crippen molar-refractivity contribution in [2.24, 2.45) is 0 Å². The number of hydrogen-bond donors (Lipinski definition) is 1. The molecule has 1 amide bonds. The van der Waals surface area contributed by atoms with E-state index in [1.165, 1.54) is 64.8 Å². The maximum atomic E-state index is 13.1. The number of aliphatic hydroxyl groups excluding tert-OH is 1. The summed E-state index contributed by atoms with van der Waals surface area (Å²) in [7, 11) is -2.20. The van der Waals surface area contributed by atoms with E-state index in [4.69, 9.17) is 4.74 Å². The van der Waals surface area contributed by atoms with Gasteiger partial charge in [-0.1, -0.05) is 12.8 Å². The fraction of sp³-hybridized carbons (Fsp3) is 0.407. The molecule has 2 fully saturated rings. The number of rotatable bonds is 9. The highest BCUT2D eigenvalue weighted by Gasteiger charge is 2.46. The van der Waals surface area contributed by atoms with Crippen LogP contribution in [0.1, 0.15) is 49.3 Å². The Morgan fingerprint density at radius 1 is 1.03 bits per heavy atom. The van der Waals surface area contributed by atoms with Crippen molar-refractivity contribution in [2.45, 2.75) is 43.0 Å².